The fourth-order valence-corrected chi connectivity index (χ4v) is 9.01. The van der Waals surface area contributed by atoms with Gasteiger partial charge >= 0.3 is 11.4 Å². The molecule has 8 rings (SSSR count). The molecule has 352 valence electrons. The number of nitrogens with zero attached hydrogens (tertiary/aromatic N) is 6. The van der Waals surface area contributed by atoms with Crippen molar-refractivity contribution in [1.29, 1.82) is 0 Å². The molecule has 2 saturated heterocycles. The molecule has 2 fully saturated rings. The minimum atomic E-state index is -1.57. The van der Waals surface area contributed by atoms with E-state index in [2.05, 4.69) is 19.9 Å². The van der Waals surface area contributed by atoms with E-state index >= 15 is 0 Å². The second-order valence-corrected chi connectivity index (χ2v) is 17.0. The smallest absolute Gasteiger partial charge is 0.332 e. The zero-order valence-electron chi connectivity index (χ0n) is 34.0. The van der Waals surface area contributed by atoms with Crippen LogP contribution >= 0.6 is 23.5 Å². The highest BCUT2D eigenvalue weighted by molar-refractivity contribution is 7.99. The van der Waals surface area contributed by atoms with E-state index in [-0.39, 0.29) is 64.3 Å². The number of aliphatic hydroxyl groups is 8. The van der Waals surface area contributed by atoms with Gasteiger partial charge in [0.15, 0.2) is 34.8 Å². The standard InChI is InChI=1S/2C19H23N5O7S.H2O/c2*20-18-21-15-12(16(29)22-18)23(6-9(26)8-32-10-4-2-1-3-5-10)19(30)24(15)17-14(28)13(27)11(7-25)31-17;/h2*1-5,9,11,13-14,17,25-28H,6-8H2,(H3,20,21,22,29);1H2/t2*9?,11-,13-,14-,17-;/m11./s1. The van der Waals surface area contributed by atoms with Crippen molar-refractivity contribution in [2.45, 2.75) is 84.2 Å². The van der Waals surface area contributed by atoms with Crippen LogP contribution in [0.3, 0.4) is 0 Å². The molecule has 25 nitrogen and oxygen atoms in total. The van der Waals surface area contributed by atoms with Gasteiger partial charge < -0.3 is 67.3 Å². The lowest BCUT2D eigenvalue weighted by Gasteiger charge is -2.16. The zero-order chi connectivity index (χ0) is 46.0. The van der Waals surface area contributed by atoms with E-state index in [9.17, 15) is 60.0 Å². The Morgan fingerprint density at radius 3 is 1.29 bits per heavy atom. The van der Waals surface area contributed by atoms with Crippen LogP contribution in [0.15, 0.2) is 89.6 Å². The second-order valence-electron chi connectivity index (χ2n) is 14.8. The summed E-state index contributed by atoms with van der Waals surface area (Å²) in [7, 11) is 0. The maximum absolute atomic E-state index is 13.2. The van der Waals surface area contributed by atoms with E-state index in [0.717, 1.165) is 28.1 Å². The quantitative estimate of drug-likeness (QED) is 0.0459. The Balaban J connectivity index is 0.000000212. The summed E-state index contributed by atoms with van der Waals surface area (Å²) in [5.74, 6) is -0.0326. The van der Waals surface area contributed by atoms with Crippen LogP contribution < -0.4 is 34.0 Å². The van der Waals surface area contributed by atoms with Crippen LogP contribution in [0, 0.1) is 0 Å². The molecular formula is C38H48N10O15S2. The first-order valence-electron chi connectivity index (χ1n) is 19.6. The van der Waals surface area contributed by atoms with Crippen LogP contribution in [0.2, 0.25) is 0 Å². The number of fused-ring (bicyclic) bond motifs is 2. The Morgan fingerprint density at radius 1 is 0.615 bits per heavy atom. The van der Waals surface area contributed by atoms with Gasteiger partial charge in [0, 0.05) is 21.3 Å². The van der Waals surface area contributed by atoms with Gasteiger partial charge in [0.2, 0.25) is 11.9 Å². The van der Waals surface area contributed by atoms with Crippen LogP contribution in [0.5, 0.6) is 0 Å². The average Bonchev–Trinajstić information content (AvgIpc) is 3.92. The molecule has 2 aliphatic heterocycles. The monoisotopic (exact) mass is 948 g/mol. The molecule has 2 aliphatic rings. The molecule has 0 spiro atoms. The number of ether oxygens (including phenoxy) is 2. The number of aliphatic hydroxyl groups excluding tert-OH is 8. The predicted molar refractivity (Wildman–Crippen MR) is 234 cm³/mol. The molecule has 6 aromatic rings. The van der Waals surface area contributed by atoms with Gasteiger partial charge in [-0.2, -0.15) is 9.97 Å². The summed E-state index contributed by atoms with van der Waals surface area (Å²) in [6.07, 6.45) is -13.1. The Hall–Kier alpha value is -5.40. The minimum absolute atomic E-state index is 0. The van der Waals surface area contributed by atoms with Crippen molar-refractivity contribution in [3.8, 4) is 0 Å². The fourth-order valence-electron chi connectivity index (χ4n) is 7.33. The molecule has 16 N–H and O–H groups in total. The third kappa shape index (κ3) is 10.1. The summed E-state index contributed by atoms with van der Waals surface area (Å²) in [6, 6.07) is 18.7. The van der Waals surface area contributed by atoms with Gasteiger partial charge in [-0.1, -0.05) is 36.4 Å². The van der Waals surface area contributed by atoms with Crippen LogP contribution in [0.25, 0.3) is 22.3 Å². The molecule has 0 saturated carbocycles. The van der Waals surface area contributed by atoms with E-state index in [1.807, 2.05) is 60.7 Å². The van der Waals surface area contributed by atoms with Crippen LogP contribution in [-0.2, 0) is 22.6 Å². The van der Waals surface area contributed by atoms with Crippen LogP contribution in [-0.4, -0.2) is 158 Å². The van der Waals surface area contributed by atoms with E-state index < -0.39 is 97.0 Å². The van der Waals surface area contributed by atoms with Gasteiger partial charge in [-0.3, -0.25) is 28.7 Å². The highest BCUT2D eigenvalue weighted by atomic mass is 32.2. The first-order chi connectivity index (χ1) is 30.6. The molecule has 2 unspecified atom stereocenters. The number of nitrogens with two attached hydrogens (primary N) is 2. The maximum Gasteiger partial charge on any atom is 0.332 e. The number of imidazole rings is 2. The second kappa shape index (κ2) is 20.8. The van der Waals surface area contributed by atoms with Crippen molar-refractivity contribution >= 4 is 57.7 Å². The zero-order valence-corrected chi connectivity index (χ0v) is 35.6. The number of hydrogen-bond acceptors (Lipinski definition) is 20. The van der Waals surface area contributed by atoms with E-state index in [0.29, 0.717) is 0 Å². The number of H-pyrrole nitrogens is 2. The molecule has 0 radical (unpaired) electrons. The van der Waals surface area contributed by atoms with Crippen molar-refractivity contribution in [3.63, 3.8) is 0 Å². The first-order valence-corrected chi connectivity index (χ1v) is 21.6. The Morgan fingerprint density at radius 2 is 0.969 bits per heavy atom. The predicted octanol–water partition coefficient (Wildman–Crippen LogP) is -4.36. The van der Waals surface area contributed by atoms with Gasteiger partial charge in [-0.05, 0) is 24.3 Å². The number of nitrogen functional groups attached to an aromatic ring is 2. The van der Waals surface area contributed by atoms with Crippen molar-refractivity contribution < 1.29 is 55.8 Å². The lowest BCUT2D eigenvalue weighted by atomic mass is 10.1. The van der Waals surface area contributed by atoms with Gasteiger partial charge in [0.25, 0.3) is 11.1 Å². The van der Waals surface area contributed by atoms with Crippen LogP contribution in [0.4, 0.5) is 11.9 Å². The van der Waals surface area contributed by atoms with E-state index in [4.69, 9.17) is 20.9 Å². The van der Waals surface area contributed by atoms with Gasteiger partial charge in [-0.25, -0.2) is 18.7 Å². The molecule has 6 heterocycles. The minimum Gasteiger partial charge on any atom is -0.412 e. The normalized spacial score (nSPS) is 23.9. The molecule has 0 bridgehead atoms. The Kier molecular flexibility index (Phi) is 15.7. The average molecular weight is 949 g/mol. The van der Waals surface area contributed by atoms with Gasteiger partial charge in [-0.15, -0.1) is 23.5 Å². The summed E-state index contributed by atoms with van der Waals surface area (Å²) < 4.78 is 14.8. The highest BCUT2D eigenvalue weighted by Gasteiger charge is 2.46. The van der Waals surface area contributed by atoms with E-state index in [1.54, 1.807) is 0 Å². The summed E-state index contributed by atoms with van der Waals surface area (Å²) >= 11 is 2.76. The third-order valence-corrected chi connectivity index (χ3v) is 12.7. The molecule has 2 aromatic carbocycles. The fraction of sp³-hybridized carbons (Fsp3) is 0.421. The Labute approximate surface area is 373 Å². The van der Waals surface area contributed by atoms with E-state index in [1.165, 1.54) is 23.5 Å². The number of thioether (sulfide) groups is 2. The van der Waals surface area contributed by atoms with Gasteiger partial charge in [0.1, 0.15) is 36.6 Å². The summed E-state index contributed by atoms with van der Waals surface area (Å²) in [5.41, 5.74) is 7.62. The number of nitrogens with one attached hydrogen (secondary N) is 2. The molecule has 0 aliphatic carbocycles. The molecule has 4 aromatic heterocycles. The highest BCUT2D eigenvalue weighted by Crippen LogP contribution is 2.32. The SMILES string of the molecule is Nc1nc2c(c(=O)[nH]1)n(CC(O)CSc1ccccc1)c(=O)n2[C@@H]1O[C@H](CO)[C@@H](O)[C@H]1O.Nc1nc2c(c(=O)[nH]1)n(CC(O)CSc1ccccc1)c(=O)n2[C@@H]1O[C@H](CO)[C@@H](O)[C@H]1O.O. The number of anilines is 2. The van der Waals surface area contributed by atoms with Crippen molar-refractivity contribution in [3.05, 3.63) is 102 Å². The lowest BCUT2D eigenvalue weighted by Crippen LogP contribution is -2.37. The van der Waals surface area contributed by atoms with Crippen molar-refractivity contribution in [1.82, 2.24) is 38.2 Å². The summed E-state index contributed by atoms with van der Waals surface area (Å²) in [4.78, 5) is 66.2. The molecule has 65 heavy (non-hydrogen) atoms. The summed E-state index contributed by atoms with van der Waals surface area (Å²) in [6.45, 7) is -1.64. The number of hydrogen-bond donors (Lipinski definition) is 12. The number of benzene rings is 2. The number of aromatic amines is 2. The third-order valence-electron chi connectivity index (χ3n) is 10.4. The topological polar surface area (TPSA) is 409 Å². The Bertz CT molecular complexity index is 2610. The summed E-state index contributed by atoms with van der Waals surface area (Å²) in [5, 5.41) is 80.7. The number of aromatic nitrogens is 8. The first kappa shape index (κ1) is 49.0. The van der Waals surface area contributed by atoms with Crippen LogP contribution in [0.1, 0.15) is 12.5 Å². The van der Waals surface area contributed by atoms with Crippen molar-refractivity contribution in [2.75, 3.05) is 36.2 Å². The van der Waals surface area contributed by atoms with Gasteiger partial charge in [0.05, 0.1) is 38.5 Å². The van der Waals surface area contributed by atoms with Crippen molar-refractivity contribution in [2.24, 2.45) is 0 Å². The largest absolute Gasteiger partial charge is 0.412 e. The molecule has 27 heteroatoms. The maximum atomic E-state index is 13.2. The molecular weight excluding hydrogens is 901 g/mol. The number of rotatable bonds is 14. The molecule has 0 amide bonds. The molecule has 10 atom stereocenters. The lowest BCUT2D eigenvalue weighted by molar-refractivity contribution is -0.0528.